The van der Waals surface area contributed by atoms with Crippen LogP contribution in [0.5, 0.6) is 5.75 Å². The van der Waals surface area contributed by atoms with Crippen molar-refractivity contribution in [2.75, 3.05) is 12.9 Å². The smallest absolute Gasteiger partial charge is 0.259 e. The SMILES string of the molecule is COc1ccc(C(=O)CSc2nc3ccccc3c(=O)[nH]2)cc1C. The van der Waals surface area contributed by atoms with Crippen LogP contribution in [0.15, 0.2) is 52.4 Å². The molecule has 0 radical (unpaired) electrons. The highest BCUT2D eigenvalue weighted by Gasteiger charge is 2.11. The number of carbonyl (C=O) groups is 1. The first kappa shape index (κ1) is 16.3. The molecule has 24 heavy (non-hydrogen) atoms. The molecule has 1 aromatic heterocycles. The maximum absolute atomic E-state index is 12.3. The van der Waals surface area contributed by atoms with Crippen molar-refractivity contribution in [1.29, 1.82) is 0 Å². The Morgan fingerprint density at radius 1 is 1.25 bits per heavy atom. The van der Waals surface area contributed by atoms with Gasteiger partial charge in [0.25, 0.3) is 5.56 Å². The minimum absolute atomic E-state index is 0.0263. The van der Waals surface area contributed by atoms with Crippen LogP contribution in [-0.4, -0.2) is 28.6 Å². The van der Waals surface area contributed by atoms with Crippen LogP contribution in [0.2, 0.25) is 0 Å². The summed E-state index contributed by atoms with van der Waals surface area (Å²) in [5, 5.41) is 0.983. The normalized spacial score (nSPS) is 10.8. The van der Waals surface area contributed by atoms with E-state index in [0.717, 1.165) is 11.3 Å². The van der Waals surface area contributed by atoms with Crippen molar-refractivity contribution < 1.29 is 9.53 Å². The molecule has 2 aromatic carbocycles. The zero-order chi connectivity index (χ0) is 17.1. The molecule has 3 aromatic rings. The molecule has 0 aliphatic heterocycles. The number of rotatable bonds is 5. The number of nitrogens with one attached hydrogen (secondary N) is 1. The second-order valence-electron chi connectivity index (χ2n) is 5.28. The number of H-pyrrole nitrogens is 1. The Kier molecular flexibility index (Phi) is 4.66. The zero-order valence-electron chi connectivity index (χ0n) is 13.3. The fourth-order valence-electron chi connectivity index (χ4n) is 2.40. The Hall–Kier alpha value is -2.60. The van der Waals surface area contributed by atoms with Gasteiger partial charge in [0.1, 0.15) is 5.75 Å². The lowest BCUT2D eigenvalue weighted by Crippen LogP contribution is -2.10. The number of fused-ring (bicyclic) bond motifs is 1. The van der Waals surface area contributed by atoms with E-state index < -0.39 is 0 Å². The Bertz CT molecular complexity index is 966. The van der Waals surface area contributed by atoms with E-state index in [1.165, 1.54) is 11.8 Å². The molecule has 0 aliphatic carbocycles. The van der Waals surface area contributed by atoms with Crippen molar-refractivity contribution in [2.45, 2.75) is 12.1 Å². The summed E-state index contributed by atoms with van der Waals surface area (Å²) in [6, 6.07) is 12.5. The third-order valence-corrected chi connectivity index (χ3v) is 4.52. The number of methoxy groups -OCH3 is 1. The van der Waals surface area contributed by atoms with Gasteiger partial charge in [0, 0.05) is 5.56 Å². The van der Waals surface area contributed by atoms with Gasteiger partial charge in [0.15, 0.2) is 10.9 Å². The quantitative estimate of drug-likeness (QED) is 0.439. The number of thioether (sulfide) groups is 1. The first-order chi connectivity index (χ1) is 11.6. The van der Waals surface area contributed by atoms with Crippen molar-refractivity contribution in [1.82, 2.24) is 9.97 Å². The summed E-state index contributed by atoms with van der Waals surface area (Å²) in [7, 11) is 1.60. The summed E-state index contributed by atoms with van der Waals surface area (Å²) in [5.41, 5.74) is 1.95. The molecule has 0 unspecified atom stereocenters. The maximum atomic E-state index is 12.3. The minimum Gasteiger partial charge on any atom is -0.496 e. The molecule has 0 atom stereocenters. The van der Waals surface area contributed by atoms with Crippen LogP contribution < -0.4 is 10.3 Å². The van der Waals surface area contributed by atoms with Gasteiger partial charge in [0.05, 0.1) is 23.8 Å². The topological polar surface area (TPSA) is 72.0 Å². The van der Waals surface area contributed by atoms with Gasteiger partial charge in [-0.05, 0) is 42.8 Å². The van der Waals surface area contributed by atoms with Crippen LogP contribution in [0.25, 0.3) is 10.9 Å². The van der Waals surface area contributed by atoms with Gasteiger partial charge in [-0.2, -0.15) is 0 Å². The van der Waals surface area contributed by atoms with Crippen molar-refractivity contribution in [2.24, 2.45) is 0 Å². The molecule has 0 bridgehead atoms. The molecule has 0 spiro atoms. The van der Waals surface area contributed by atoms with E-state index in [2.05, 4.69) is 9.97 Å². The number of nitrogens with zero attached hydrogens (tertiary/aromatic N) is 1. The first-order valence-corrected chi connectivity index (χ1v) is 8.37. The highest BCUT2D eigenvalue weighted by molar-refractivity contribution is 7.99. The number of ketones is 1. The molecule has 0 fully saturated rings. The number of hydrogen-bond acceptors (Lipinski definition) is 5. The van der Waals surface area contributed by atoms with E-state index >= 15 is 0 Å². The second kappa shape index (κ2) is 6.88. The molecule has 3 rings (SSSR count). The molecule has 122 valence electrons. The number of hydrogen-bond donors (Lipinski definition) is 1. The third kappa shape index (κ3) is 3.33. The maximum Gasteiger partial charge on any atom is 0.259 e. The van der Waals surface area contributed by atoms with Crippen LogP contribution >= 0.6 is 11.8 Å². The molecular weight excluding hydrogens is 324 g/mol. The predicted molar refractivity (Wildman–Crippen MR) is 95.1 cm³/mol. The molecular formula is C18H16N2O3S. The van der Waals surface area contributed by atoms with Crippen LogP contribution in [0.3, 0.4) is 0 Å². The molecule has 0 saturated heterocycles. The Labute approximate surface area is 143 Å². The van der Waals surface area contributed by atoms with Gasteiger partial charge in [-0.15, -0.1) is 0 Å². The lowest BCUT2D eigenvalue weighted by atomic mass is 10.1. The highest BCUT2D eigenvalue weighted by Crippen LogP contribution is 2.21. The number of aryl methyl sites for hydroxylation is 1. The van der Waals surface area contributed by atoms with Gasteiger partial charge in [-0.3, -0.25) is 9.59 Å². The molecule has 0 saturated carbocycles. The average Bonchev–Trinajstić information content (AvgIpc) is 2.59. The van der Waals surface area contributed by atoms with Gasteiger partial charge >= 0.3 is 0 Å². The lowest BCUT2D eigenvalue weighted by Gasteiger charge is -2.07. The Morgan fingerprint density at radius 3 is 2.79 bits per heavy atom. The van der Waals surface area contributed by atoms with Gasteiger partial charge in [0.2, 0.25) is 0 Å². The number of Topliss-reactive ketones (excluding diaryl/α,β-unsaturated/α-hetero) is 1. The van der Waals surface area contributed by atoms with E-state index in [-0.39, 0.29) is 17.1 Å². The number of aromatic amines is 1. The summed E-state index contributed by atoms with van der Waals surface area (Å²) >= 11 is 1.22. The van der Waals surface area contributed by atoms with Gasteiger partial charge in [-0.25, -0.2) is 4.98 Å². The van der Waals surface area contributed by atoms with Crippen molar-refractivity contribution in [3.05, 3.63) is 63.9 Å². The summed E-state index contributed by atoms with van der Waals surface area (Å²) in [5.74, 6) is 0.925. The summed E-state index contributed by atoms with van der Waals surface area (Å²) < 4.78 is 5.20. The molecule has 0 amide bonds. The second-order valence-corrected chi connectivity index (χ2v) is 6.25. The lowest BCUT2D eigenvalue weighted by molar-refractivity contribution is 0.102. The predicted octanol–water partition coefficient (Wildman–Crippen LogP) is 3.22. The third-order valence-electron chi connectivity index (χ3n) is 3.65. The van der Waals surface area contributed by atoms with Crippen LogP contribution in [0.4, 0.5) is 0 Å². The number of carbonyl (C=O) groups excluding carboxylic acids is 1. The number of aromatic nitrogens is 2. The Balaban J connectivity index is 1.77. The van der Waals surface area contributed by atoms with E-state index in [1.807, 2.05) is 13.0 Å². The number of benzene rings is 2. The fraction of sp³-hybridized carbons (Fsp3) is 0.167. The number of para-hydroxylation sites is 1. The van der Waals surface area contributed by atoms with E-state index in [1.54, 1.807) is 43.5 Å². The molecule has 5 nitrogen and oxygen atoms in total. The van der Waals surface area contributed by atoms with E-state index in [4.69, 9.17) is 4.74 Å². The molecule has 0 aliphatic rings. The summed E-state index contributed by atoms with van der Waals surface area (Å²) in [6.45, 7) is 1.89. The summed E-state index contributed by atoms with van der Waals surface area (Å²) in [4.78, 5) is 31.5. The van der Waals surface area contributed by atoms with E-state index in [0.29, 0.717) is 21.6 Å². The average molecular weight is 340 g/mol. The van der Waals surface area contributed by atoms with Crippen molar-refractivity contribution in [3.8, 4) is 5.75 Å². The molecule has 6 heteroatoms. The minimum atomic E-state index is -0.198. The zero-order valence-corrected chi connectivity index (χ0v) is 14.1. The van der Waals surface area contributed by atoms with Crippen LogP contribution in [-0.2, 0) is 0 Å². The summed E-state index contributed by atoms with van der Waals surface area (Å²) in [6.07, 6.45) is 0. The van der Waals surface area contributed by atoms with E-state index in [9.17, 15) is 9.59 Å². The van der Waals surface area contributed by atoms with Gasteiger partial charge in [-0.1, -0.05) is 23.9 Å². The Morgan fingerprint density at radius 2 is 2.04 bits per heavy atom. The molecule has 1 N–H and O–H groups in total. The highest BCUT2D eigenvalue weighted by atomic mass is 32.2. The fourth-order valence-corrected chi connectivity index (χ4v) is 3.16. The first-order valence-electron chi connectivity index (χ1n) is 7.38. The van der Waals surface area contributed by atoms with Crippen LogP contribution in [0, 0.1) is 6.92 Å². The largest absolute Gasteiger partial charge is 0.496 e. The van der Waals surface area contributed by atoms with Crippen molar-refractivity contribution in [3.63, 3.8) is 0 Å². The van der Waals surface area contributed by atoms with Crippen molar-refractivity contribution >= 4 is 28.4 Å². The standard InChI is InChI=1S/C18H16N2O3S/c1-11-9-12(7-8-16(11)23-2)15(21)10-24-18-19-14-6-4-3-5-13(14)17(22)20-18/h3-9H,10H2,1-2H3,(H,19,20,22). The number of ether oxygens (including phenoxy) is 1. The monoisotopic (exact) mass is 340 g/mol. The van der Waals surface area contributed by atoms with Crippen LogP contribution in [0.1, 0.15) is 15.9 Å². The molecule has 1 heterocycles. The van der Waals surface area contributed by atoms with Gasteiger partial charge < -0.3 is 9.72 Å².